The van der Waals surface area contributed by atoms with Crippen LogP contribution >= 0.6 is 0 Å². The zero-order valence-electron chi connectivity index (χ0n) is 19.2. The summed E-state index contributed by atoms with van der Waals surface area (Å²) in [4.78, 5) is 15.4. The SMILES string of the molecule is COc1ccc(-n2c(-c3ccc(OC)cc3OC)cc(C(=O)N3CCCCC3)c2C)cc1. The minimum atomic E-state index is 0.0863. The Bertz CT molecular complexity index is 1100. The average molecular weight is 435 g/mol. The molecule has 0 N–H and O–H groups in total. The molecule has 0 atom stereocenters. The lowest BCUT2D eigenvalue weighted by atomic mass is 10.1. The van der Waals surface area contributed by atoms with Gasteiger partial charge in [0.25, 0.3) is 5.91 Å². The lowest BCUT2D eigenvalue weighted by Crippen LogP contribution is -2.35. The van der Waals surface area contributed by atoms with Crippen molar-refractivity contribution in [2.75, 3.05) is 34.4 Å². The van der Waals surface area contributed by atoms with Gasteiger partial charge in [0.2, 0.25) is 0 Å². The van der Waals surface area contributed by atoms with Gasteiger partial charge in [0.1, 0.15) is 17.2 Å². The van der Waals surface area contributed by atoms with Crippen LogP contribution in [0.15, 0.2) is 48.5 Å². The maximum absolute atomic E-state index is 13.4. The molecular formula is C26H30N2O4. The molecule has 0 radical (unpaired) electrons. The van der Waals surface area contributed by atoms with Crippen LogP contribution in [0.3, 0.4) is 0 Å². The van der Waals surface area contributed by atoms with Gasteiger partial charge in [0.05, 0.1) is 32.6 Å². The van der Waals surface area contributed by atoms with Gasteiger partial charge < -0.3 is 23.7 Å². The number of methoxy groups -OCH3 is 3. The quantitative estimate of drug-likeness (QED) is 0.541. The summed E-state index contributed by atoms with van der Waals surface area (Å²) in [5.74, 6) is 2.28. The number of hydrogen-bond donors (Lipinski definition) is 0. The summed E-state index contributed by atoms with van der Waals surface area (Å²) in [6.07, 6.45) is 3.30. The topological polar surface area (TPSA) is 52.9 Å². The average Bonchev–Trinajstić information content (AvgIpc) is 3.20. The van der Waals surface area contributed by atoms with Gasteiger partial charge in [0.15, 0.2) is 0 Å². The second-order valence-electron chi connectivity index (χ2n) is 7.98. The normalized spacial score (nSPS) is 13.7. The summed E-state index contributed by atoms with van der Waals surface area (Å²) >= 11 is 0. The highest BCUT2D eigenvalue weighted by Crippen LogP contribution is 2.38. The van der Waals surface area contributed by atoms with E-state index in [0.29, 0.717) is 5.75 Å². The third-order valence-corrected chi connectivity index (χ3v) is 6.14. The number of rotatable bonds is 6. The Labute approximate surface area is 189 Å². The number of hydrogen-bond acceptors (Lipinski definition) is 4. The van der Waals surface area contributed by atoms with E-state index in [4.69, 9.17) is 14.2 Å². The summed E-state index contributed by atoms with van der Waals surface area (Å²) in [7, 11) is 4.93. The molecule has 1 fully saturated rings. The van der Waals surface area contributed by atoms with E-state index in [1.807, 2.05) is 60.4 Å². The Balaban J connectivity index is 1.88. The Kier molecular flexibility index (Phi) is 6.40. The van der Waals surface area contributed by atoms with Crippen LogP contribution in [0.5, 0.6) is 17.2 Å². The molecular weight excluding hydrogens is 404 g/mol. The number of carbonyl (C=O) groups is 1. The molecule has 32 heavy (non-hydrogen) atoms. The first-order valence-electron chi connectivity index (χ1n) is 11.0. The number of aromatic nitrogens is 1. The Morgan fingerprint density at radius 3 is 2.09 bits per heavy atom. The fraction of sp³-hybridized carbons (Fsp3) is 0.346. The van der Waals surface area contributed by atoms with Crippen molar-refractivity contribution in [1.29, 1.82) is 0 Å². The molecule has 1 amide bonds. The molecule has 1 saturated heterocycles. The van der Waals surface area contributed by atoms with E-state index < -0.39 is 0 Å². The van der Waals surface area contributed by atoms with Crippen molar-refractivity contribution in [1.82, 2.24) is 9.47 Å². The van der Waals surface area contributed by atoms with Crippen molar-refractivity contribution in [2.45, 2.75) is 26.2 Å². The fourth-order valence-corrected chi connectivity index (χ4v) is 4.36. The predicted octanol–water partition coefficient (Wildman–Crippen LogP) is 5.10. The molecule has 168 valence electrons. The van der Waals surface area contributed by atoms with Crippen molar-refractivity contribution < 1.29 is 19.0 Å². The molecule has 6 heteroatoms. The van der Waals surface area contributed by atoms with Crippen LogP contribution in [-0.2, 0) is 0 Å². The third kappa shape index (κ3) is 4.05. The standard InChI is InChI=1S/C26H30N2O4/c1-18-23(26(29)27-14-6-5-7-15-27)17-24(22-13-12-21(31-3)16-25(22)32-4)28(18)19-8-10-20(30-2)11-9-19/h8-13,16-17H,5-7,14-15H2,1-4H3. The van der Waals surface area contributed by atoms with Crippen LogP contribution in [0.1, 0.15) is 35.3 Å². The maximum atomic E-state index is 13.4. The van der Waals surface area contributed by atoms with Crippen molar-refractivity contribution in [3.8, 4) is 34.2 Å². The van der Waals surface area contributed by atoms with Crippen LogP contribution in [0.4, 0.5) is 0 Å². The lowest BCUT2D eigenvalue weighted by Gasteiger charge is -2.26. The number of ether oxygens (including phenoxy) is 3. The van der Waals surface area contributed by atoms with Crippen LogP contribution in [0.2, 0.25) is 0 Å². The predicted molar refractivity (Wildman–Crippen MR) is 125 cm³/mol. The Hall–Kier alpha value is -3.41. The summed E-state index contributed by atoms with van der Waals surface area (Å²) in [6.45, 7) is 3.63. The molecule has 4 rings (SSSR count). The number of nitrogens with zero attached hydrogens (tertiary/aromatic N) is 2. The Morgan fingerprint density at radius 2 is 1.47 bits per heavy atom. The third-order valence-electron chi connectivity index (χ3n) is 6.14. The number of likely N-dealkylation sites (tertiary alicyclic amines) is 1. The van der Waals surface area contributed by atoms with E-state index in [-0.39, 0.29) is 5.91 Å². The second-order valence-corrected chi connectivity index (χ2v) is 7.98. The molecule has 2 aromatic carbocycles. The first kappa shape index (κ1) is 21.8. The van der Waals surface area contributed by atoms with E-state index in [0.717, 1.165) is 65.6 Å². The summed E-state index contributed by atoms with van der Waals surface area (Å²) < 4.78 is 18.5. The number of amides is 1. The van der Waals surface area contributed by atoms with Gasteiger partial charge in [0, 0.05) is 36.1 Å². The highest BCUT2D eigenvalue weighted by atomic mass is 16.5. The molecule has 0 unspecified atom stereocenters. The molecule has 2 heterocycles. The van der Waals surface area contributed by atoms with E-state index in [1.54, 1.807) is 21.3 Å². The molecule has 1 aromatic heterocycles. The van der Waals surface area contributed by atoms with Gasteiger partial charge in [-0.25, -0.2) is 0 Å². The monoisotopic (exact) mass is 434 g/mol. The van der Waals surface area contributed by atoms with Gasteiger partial charge in [-0.05, 0) is 68.7 Å². The molecule has 0 saturated carbocycles. The number of carbonyl (C=O) groups excluding carboxylic acids is 1. The van der Waals surface area contributed by atoms with E-state index in [9.17, 15) is 4.79 Å². The molecule has 3 aromatic rings. The van der Waals surface area contributed by atoms with Crippen LogP contribution < -0.4 is 14.2 Å². The van der Waals surface area contributed by atoms with Crippen molar-refractivity contribution in [2.24, 2.45) is 0 Å². The zero-order chi connectivity index (χ0) is 22.7. The van der Waals surface area contributed by atoms with Crippen molar-refractivity contribution in [3.05, 3.63) is 59.8 Å². The molecule has 0 aliphatic carbocycles. The van der Waals surface area contributed by atoms with E-state index >= 15 is 0 Å². The Morgan fingerprint density at radius 1 is 0.812 bits per heavy atom. The number of piperidine rings is 1. The van der Waals surface area contributed by atoms with Gasteiger partial charge in [-0.1, -0.05) is 0 Å². The minimum Gasteiger partial charge on any atom is -0.497 e. The highest BCUT2D eigenvalue weighted by Gasteiger charge is 2.26. The largest absolute Gasteiger partial charge is 0.497 e. The lowest BCUT2D eigenvalue weighted by molar-refractivity contribution is 0.0723. The highest BCUT2D eigenvalue weighted by molar-refractivity contribution is 5.97. The van der Waals surface area contributed by atoms with Gasteiger partial charge in [-0.15, -0.1) is 0 Å². The van der Waals surface area contributed by atoms with Crippen LogP contribution in [0, 0.1) is 6.92 Å². The van der Waals surface area contributed by atoms with E-state index in [1.165, 1.54) is 6.42 Å². The fourth-order valence-electron chi connectivity index (χ4n) is 4.36. The maximum Gasteiger partial charge on any atom is 0.255 e. The van der Waals surface area contributed by atoms with Gasteiger partial charge in [-0.2, -0.15) is 0 Å². The molecule has 0 spiro atoms. The molecule has 6 nitrogen and oxygen atoms in total. The van der Waals surface area contributed by atoms with Crippen LogP contribution in [-0.4, -0.2) is 49.8 Å². The minimum absolute atomic E-state index is 0.0863. The molecule has 1 aliphatic rings. The summed E-state index contributed by atoms with van der Waals surface area (Å²) in [6, 6.07) is 15.6. The van der Waals surface area contributed by atoms with Gasteiger partial charge >= 0.3 is 0 Å². The molecule has 0 bridgehead atoms. The smallest absolute Gasteiger partial charge is 0.255 e. The number of benzene rings is 2. The zero-order valence-corrected chi connectivity index (χ0v) is 19.2. The first-order valence-corrected chi connectivity index (χ1v) is 11.0. The summed E-state index contributed by atoms with van der Waals surface area (Å²) in [5.41, 5.74) is 4.36. The van der Waals surface area contributed by atoms with Crippen LogP contribution in [0.25, 0.3) is 16.9 Å². The molecule has 1 aliphatic heterocycles. The summed E-state index contributed by atoms with van der Waals surface area (Å²) in [5, 5.41) is 0. The van der Waals surface area contributed by atoms with Gasteiger partial charge in [-0.3, -0.25) is 4.79 Å². The van der Waals surface area contributed by atoms with Crippen molar-refractivity contribution in [3.63, 3.8) is 0 Å². The van der Waals surface area contributed by atoms with E-state index in [2.05, 4.69) is 4.57 Å². The first-order chi connectivity index (χ1) is 15.6. The second kappa shape index (κ2) is 9.39. The van der Waals surface area contributed by atoms with Crippen molar-refractivity contribution >= 4 is 5.91 Å².